The Morgan fingerprint density at radius 1 is 1.29 bits per heavy atom. The Balaban J connectivity index is 2.33. The first-order chi connectivity index (χ1) is 8.26. The number of benzene rings is 1. The molecular formula is C14H21N3. The zero-order valence-electron chi connectivity index (χ0n) is 10.7. The summed E-state index contributed by atoms with van der Waals surface area (Å²) in [6.45, 7) is 5.28. The van der Waals surface area contributed by atoms with Crippen molar-refractivity contribution in [3.63, 3.8) is 0 Å². The Hall–Kier alpha value is -1.35. The first-order valence-corrected chi connectivity index (χ1v) is 6.46. The van der Waals surface area contributed by atoms with Crippen LogP contribution in [0.5, 0.6) is 0 Å². The van der Waals surface area contributed by atoms with Gasteiger partial charge in [-0.1, -0.05) is 25.5 Å². The fraction of sp³-hybridized carbons (Fsp3) is 0.500. The van der Waals surface area contributed by atoms with Gasteiger partial charge in [0.1, 0.15) is 5.82 Å². The van der Waals surface area contributed by atoms with Crippen molar-refractivity contribution in [2.45, 2.75) is 45.7 Å². The number of rotatable bonds is 5. The number of nitrogens with zero attached hydrogens (tertiary/aromatic N) is 2. The van der Waals surface area contributed by atoms with Crippen molar-refractivity contribution >= 4 is 11.0 Å². The molecule has 0 aliphatic carbocycles. The van der Waals surface area contributed by atoms with Gasteiger partial charge in [-0.25, -0.2) is 4.98 Å². The second kappa shape index (κ2) is 5.32. The van der Waals surface area contributed by atoms with Crippen LogP contribution in [0.15, 0.2) is 24.3 Å². The van der Waals surface area contributed by atoms with Gasteiger partial charge in [0, 0.05) is 19.0 Å². The minimum atomic E-state index is 0.224. The molecule has 2 rings (SSSR count). The van der Waals surface area contributed by atoms with E-state index in [-0.39, 0.29) is 6.04 Å². The van der Waals surface area contributed by atoms with E-state index in [9.17, 15) is 0 Å². The van der Waals surface area contributed by atoms with Crippen molar-refractivity contribution in [1.29, 1.82) is 0 Å². The second-order valence-corrected chi connectivity index (χ2v) is 4.51. The number of para-hydroxylation sites is 2. The van der Waals surface area contributed by atoms with Crippen molar-refractivity contribution in [3.8, 4) is 0 Å². The summed E-state index contributed by atoms with van der Waals surface area (Å²) in [5, 5.41) is 0. The lowest BCUT2D eigenvalue weighted by atomic mass is 10.1. The predicted molar refractivity (Wildman–Crippen MR) is 72.0 cm³/mol. The van der Waals surface area contributed by atoms with E-state index < -0.39 is 0 Å². The summed E-state index contributed by atoms with van der Waals surface area (Å²) in [4.78, 5) is 4.69. The quantitative estimate of drug-likeness (QED) is 0.860. The highest BCUT2D eigenvalue weighted by molar-refractivity contribution is 5.75. The minimum absolute atomic E-state index is 0.224. The average Bonchev–Trinajstić information content (AvgIpc) is 2.66. The summed E-state index contributed by atoms with van der Waals surface area (Å²) >= 11 is 0. The average molecular weight is 231 g/mol. The number of imidazole rings is 1. The van der Waals surface area contributed by atoms with Crippen LogP contribution in [0.4, 0.5) is 0 Å². The third-order valence-electron chi connectivity index (χ3n) is 3.15. The maximum absolute atomic E-state index is 6.11. The lowest BCUT2D eigenvalue weighted by molar-refractivity contribution is 0.566. The summed E-state index contributed by atoms with van der Waals surface area (Å²) in [6.07, 6.45) is 3.07. The van der Waals surface area contributed by atoms with Gasteiger partial charge in [-0.15, -0.1) is 0 Å². The van der Waals surface area contributed by atoms with Gasteiger partial charge < -0.3 is 10.3 Å². The fourth-order valence-corrected chi connectivity index (χ4v) is 2.34. The van der Waals surface area contributed by atoms with Crippen molar-refractivity contribution < 1.29 is 0 Å². The molecule has 0 aliphatic heterocycles. The summed E-state index contributed by atoms with van der Waals surface area (Å²) in [5.74, 6) is 1.12. The Labute approximate surface area is 103 Å². The molecule has 0 saturated heterocycles. The fourth-order valence-electron chi connectivity index (χ4n) is 2.34. The Morgan fingerprint density at radius 3 is 2.76 bits per heavy atom. The molecule has 0 spiro atoms. The molecule has 0 aliphatic rings. The Bertz CT molecular complexity index is 487. The van der Waals surface area contributed by atoms with Crippen molar-refractivity contribution in [2.24, 2.45) is 5.73 Å². The maximum Gasteiger partial charge on any atom is 0.111 e. The lowest BCUT2D eigenvalue weighted by Gasteiger charge is -2.11. The summed E-state index contributed by atoms with van der Waals surface area (Å²) < 4.78 is 2.27. The van der Waals surface area contributed by atoms with Gasteiger partial charge in [0.2, 0.25) is 0 Å². The summed E-state index contributed by atoms with van der Waals surface area (Å²) in [5.41, 5.74) is 8.40. The lowest BCUT2D eigenvalue weighted by Crippen LogP contribution is -2.24. The van der Waals surface area contributed by atoms with Crippen molar-refractivity contribution in [1.82, 2.24) is 9.55 Å². The third kappa shape index (κ3) is 2.50. The third-order valence-corrected chi connectivity index (χ3v) is 3.15. The van der Waals surface area contributed by atoms with Gasteiger partial charge in [0.05, 0.1) is 11.0 Å². The van der Waals surface area contributed by atoms with Gasteiger partial charge in [-0.2, -0.15) is 0 Å². The highest BCUT2D eigenvalue weighted by Gasteiger charge is 2.11. The number of nitrogens with two attached hydrogens (primary N) is 1. The Morgan fingerprint density at radius 2 is 2.06 bits per heavy atom. The normalized spacial score (nSPS) is 13.1. The van der Waals surface area contributed by atoms with Crippen LogP contribution in [0.3, 0.4) is 0 Å². The van der Waals surface area contributed by atoms with Crippen LogP contribution in [-0.2, 0) is 13.0 Å². The zero-order valence-corrected chi connectivity index (χ0v) is 10.7. The van der Waals surface area contributed by atoms with Crippen LogP contribution in [-0.4, -0.2) is 15.6 Å². The molecule has 2 N–H and O–H groups in total. The van der Waals surface area contributed by atoms with Crippen LogP contribution in [0.25, 0.3) is 11.0 Å². The maximum atomic E-state index is 6.11. The van der Waals surface area contributed by atoms with Gasteiger partial charge in [-0.05, 0) is 25.5 Å². The molecule has 3 heteroatoms. The smallest absolute Gasteiger partial charge is 0.111 e. The molecule has 0 bridgehead atoms. The molecule has 1 aromatic heterocycles. The molecule has 0 fully saturated rings. The van der Waals surface area contributed by atoms with E-state index in [1.807, 2.05) is 6.07 Å². The molecule has 92 valence electrons. The van der Waals surface area contributed by atoms with Crippen LogP contribution in [0.1, 0.15) is 32.5 Å². The monoisotopic (exact) mass is 231 g/mol. The summed E-state index contributed by atoms with van der Waals surface area (Å²) in [7, 11) is 0. The van der Waals surface area contributed by atoms with E-state index in [0.29, 0.717) is 0 Å². The Kier molecular flexibility index (Phi) is 3.79. The standard InChI is InChI=1S/C14H21N3/c1-3-7-11(15)10-14-16-12-8-5-6-9-13(12)17(14)4-2/h5-6,8-9,11H,3-4,7,10,15H2,1-2H3. The summed E-state index contributed by atoms with van der Waals surface area (Å²) in [6, 6.07) is 8.51. The van der Waals surface area contributed by atoms with Gasteiger partial charge in [0.25, 0.3) is 0 Å². The molecule has 0 radical (unpaired) electrons. The van der Waals surface area contributed by atoms with Crippen LogP contribution in [0, 0.1) is 0 Å². The number of aromatic nitrogens is 2. The highest BCUT2D eigenvalue weighted by Crippen LogP contribution is 2.17. The molecular weight excluding hydrogens is 210 g/mol. The molecule has 17 heavy (non-hydrogen) atoms. The SMILES string of the molecule is CCCC(N)Cc1nc2ccccc2n1CC. The van der Waals surface area contributed by atoms with Crippen LogP contribution >= 0.6 is 0 Å². The van der Waals surface area contributed by atoms with E-state index in [0.717, 1.165) is 37.1 Å². The second-order valence-electron chi connectivity index (χ2n) is 4.51. The number of hydrogen-bond donors (Lipinski definition) is 1. The number of hydrogen-bond acceptors (Lipinski definition) is 2. The van der Waals surface area contributed by atoms with Crippen molar-refractivity contribution in [2.75, 3.05) is 0 Å². The van der Waals surface area contributed by atoms with E-state index >= 15 is 0 Å². The highest BCUT2D eigenvalue weighted by atomic mass is 15.1. The molecule has 1 heterocycles. The van der Waals surface area contributed by atoms with E-state index in [1.54, 1.807) is 0 Å². The minimum Gasteiger partial charge on any atom is -0.328 e. The topological polar surface area (TPSA) is 43.8 Å². The predicted octanol–water partition coefficient (Wildman–Crippen LogP) is 2.73. The molecule has 1 atom stereocenters. The van der Waals surface area contributed by atoms with E-state index in [2.05, 4.69) is 41.6 Å². The van der Waals surface area contributed by atoms with Crippen LogP contribution < -0.4 is 5.73 Å². The van der Waals surface area contributed by atoms with Gasteiger partial charge in [0.15, 0.2) is 0 Å². The first-order valence-electron chi connectivity index (χ1n) is 6.46. The zero-order chi connectivity index (χ0) is 12.3. The molecule has 3 nitrogen and oxygen atoms in total. The van der Waals surface area contributed by atoms with Crippen molar-refractivity contribution in [3.05, 3.63) is 30.1 Å². The molecule has 2 aromatic rings. The molecule has 0 amide bonds. The van der Waals surface area contributed by atoms with Crippen LogP contribution in [0.2, 0.25) is 0 Å². The van der Waals surface area contributed by atoms with Gasteiger partial charge >= 0.3 is 0 Å². The first kappa shape index (κ1) is 12.1. The molecule has 0 saturated carbocycles. The van der Waals surface area contributed by atoms with E-state index in [4.69, 9.17) is 5.73 Å². The molecule has 1 aromatic carbocycles. The largest absolute Gasteiger partial charge is 0.328 e. The van der Waals surface area contributed by atoms with Gasteiger partial charge in [-0.3, -0.25) is 0 Å². The molecule has 1 unspecified atom stereocenters. The van der Waals surface area contributed by atoms with E-state index in [1.165, 1.54) is 5.52 Å². The number of fused-ring (bicyclic) bond motifs is 1. The number of aryl methyl sites for hydroxylation is 1.